The Morgan fingerprint density at radius 3 is 2.39 bits per heavy atom. The van der Waals surface area contributed by atoms with Gasteiger partial charge in [0.1, 0.15) is 0 Å². The van der Waals surface area contributed by atoms with E-state index >= 15 is 0 Å². The van der Waals surface area contributed by atoms with Crippen LogP contribution in [0.25, 0.3) is 0 Å². The topological polar surface area (TPSA) is 56.4 Å². The van der Waals surface area contributed by atoms with Crippen molar-refractivity contribution in [3.05, 3.63) is 24.3 Å². The SMILES string of the molecule is O=CNNc1ccc(NC(=S)N2CCCC2)cc1. The maximum absolute atomic E-state index is 10.1. The number of carbonyl (C=O) groups is 1. The minimum atomic E-state index is 0.592. The van der Waals surface area contributed by atoms with E-state index in [9.17, 15) is 4.79 Å². The average Bonchev–Trinajstić information content (AvgIpc) is 2.92. The van der Waals surface area contributed by atoms with Gasteiger partial charge in [-0.05, 0) is 49.3 Å². The second-order valence-electron chi connectivity index (χ2n) is 4.09. The Hall–Kier alpha value is -1.82. The number of carbonyl (C=O) groups excluding carboxylic acids is 1. The molecule has 0 unspecified atom stereocenters. The molecular formula is C12H16N4OS. The van der Waals surface area contributed by atoms with Crippen molar-refractivity contribution in [1.82, 2.24) is 10.3 Å². The number of hydrogen-bond acceptors (Lipinski definition) is 3. The summed E-state index contributed by atoms with van der Waals surface area (Å²) in [7, 11) is 0. The van der Waals surface area contributed by atoms with E-state index in [-0.39, 0.29) is 0 Å². The zero-order valence-electron chi connectivity index (χ0n) is 9.98. The van der Waals surface area contributed by atoms with Gasteiger partial charge in [0.2, 0.25) is 6.41 Å². The molecule has 0 aromatic heterocycles. The van der Waals surface area contributed by atoms with Gasteiger partial charge in [0.05, 0.1) is 5.69 Å². The van der Waals surface area contributed by atoms with Crippen molar-refractivity contribution in [1.29, 1.82) is 0 Å². The van der Waals surface area contributed by atoms with Crippen LogP contribution in [0.1, 0.15) is 12.8 Å². The molecule has 2 rings (SSSR count). The summed E-state index contributed by atoms with van der Waals surface area (Å²) in [6, 6.07) is 7.56. The third-order valence-corrected chi connectivity index (χ3v) is 3.17. The van der Waals surface area contributed by atoms with Crippen LogP contribution in [0.4, 0.5) is 11.4 Å². The lowest BCUT2D eigenvalue weighted by Crippen LogP contribution is -2.31. The molecule has 0 saturated carbocycles. The number of anilines is 2. The standard InChI is InChI=1S/C12H16N4OS/c17-9-13-15-11-5-3-10(4-6-11)14-12(18)16-7-1-2-8-16/h3-6,9,15H,1-2,7-8H2,(H,13,17)(H,14,18). The second kappa shape index (κ2) is 6.20. The summed E-state index contributed by atoms with van der Waals surface area (Å²) in [6.07, 6.45) is 3.01. The summed E-state index contributed by atoms with van der Waals surface area (Å²) in [4.78, 5) is 12.3. The lowest BCUT2D eigenvalue weighted by Gasteiger charge is -2.19. The first-order chi connectivity index (χ1) is 8.79. The molecule has 0 aliphatic carbocycles. The predicted octanol–water partition coefficient (Wildman–Crippen LogP) is 1.55. The molecule has 1 fully saturated rings. The zero-order valence-corrected chi connectivity index (χ0v) is 10.8. The molecule has 0 spiro atoms. The molecule has 0 bridgehead atoms. The van der Waals surface area contributed by atoms with Crippen LogP contribution in [-0.4, -0.2) is 29.5 Å². The predicted molar refractivity (Wildman–Crippen MR) is 76.3 cm³/mol. The van der Waals surface area contributed by atoms with E-state index in [0.717, 1.165) is 29.6 Å². The number of benzene rings is 1. The van der Waals surface area contributed by atoms with Crippen LogP contribution in [0.5, 0.6) is 0 Å². The molecule has 3 N–H and O–H groups in total. The fourth-order valence-corrected chi connectivity index (χ4v) is 2.17. The van der Waals surface area contributed by atoms with Gasteiger partial charge in [-0.15, -0.1) is 0 Å². The third kappa shape index (κ3) is 3.33. The Bertz CT molecular complexity index is 415. The summed E-state index contributed by atoms with van der Waals surface area (Å²) >= 11 is 5.34. The molecular weight excluding hydrogens is 248 g/mol. The number of likely N-dealkylation sites (tertiary alicyclic amines) is 1. The van der Waals surface area contributed by atoms with Gasteiger partial charge in [-0.1, -0.05) is 0 Å². The normalized spacial score (nSPS) is 14.1. The van der Waals surface area contributed by atoms with Gasteiger partial charge in [0.15, 0.2) is 5.11 Å². The highest BCUT2D eigenvalue weighted by Crippen LogP contribution is 2.15. The highest BCUT2D eigenvalue weighted by Gasteiger charge is 2.14. The van der Waals surface area contributed by atoms with E-state index in [1.54, 1.807) is 0 Å². The highest BCUT2D eigenvalue weighted by molar-refractivity contribution is 7.80. The van der Waals surface area contributed by atoms with E-state index < -0.39 is 0 Å². The van der Waals surface area contributed by atoms with Gasteiger partial charge < -0.3 is 10.2 Å². The van der Waals surface area contributed by atoms with E-state index in [1.807, 2.05) is 24.3 Å². The smallest absolute Gasteiger partial charge is 0.225 e. The number of rotatable bonds is 4. The van der Waals surface area contributed by atoms with Crippen LogP contribution in [0, 0.1) is 0 Å². The molecule has 1 amide bonds. The second-order valence-corrected chi connectivity index (χ2v) is 4.48. The van der Waals surface area contributed by atoms with Crippen molar-refractivity contribution in [3.63, 3.8) is 0 Å². The van der Waals surface area contributed by atoms with Crippen LogP contribution in [0.2, 0.25) is 0 Å². The maximum Gasteiger partial charge on any atom is 0.225 e. The molecule has 96 valence electrons. The van der Waals surface area contributed by atoms with Crippen molar-refractivity contribution in [2.24, 2.45) is 0 Å². The Balaban J connectivity index is 1.89. The van der Waals surface area contributed by atoms with Gasteiger partial charge >= 0.3 is 0 Å². The molecule has 0 atom stereocenters. The number of hydrogen-bond donors (Lipinski definition) is 3. The lowest BCUT2D eigenvalue weighted by atomic mass is 10.3. The van der Waals surface area contributed by atoms with Crippen LogP contribution < -0.4 is 16.2 Å². The minimum Gasteiger partial charge on any atom is -0.349 e. The van der Waals surface area contributed by atoms with E-state index in [1.165, 1.54) is 12.8 Å². The Morgan fingerprint density at radius 1 is 1.17 bits per heavy atom. The Labute approximate surface area is 112 Å². The van der Waals surface area contributed by atoms with Gasteiger partial charge in [-0.25, -0.2) is 0 Å². The lowest BCUT2D eigenvalue weighted by molar-refractivity contribution is -0.109. The third-order valence-electron chi connectivity index (χ3n) is 2.80. The van der Waals surface area contributed by atoms with Crippen molar-refractivity contribution < 1.29 is 4.79 Å². The van der Waals surface area contributed by atoms with E-state index in [4.69, 9.17) is 12.2 Å². The number of thiocarbonyl (C=S) groups is 1. The fourth-order valence-electron chi connectivity index (χ4n) is 1.87. The Morgan fingerprint density at radius 2 is 1.78 bits per heavy atom. The van der Waals surface area contributed by atoms with Crippen molar-refractivity contribution in [2.45, 2.75) is 12.8 Å². The van der Waals surface area contributed by atoms with Crippen molar-refractivity contribution >= 4 is 35.1 Å². The molecule has 1 aliphatic rings. The molecule has 5 nitrogen and oxygen atoms in total. The molecule has 1 aromatic rings. The van der Waals surface area contributed by atoms with Gasteiger partial charge in [-0.2, -0.15) is 0 Å². The van der Waals surface area contributed by atoms with E-state index in [0.29, 0.717) is 6.41 Å². The molecule has 1 aromatic carbocycles. The fraction of sp³-hybridized carbons (Fsp3) is 0.333. The highest BCUT2D eigenvalue weighted by atomic mass is 32.1. The number of hydrazine groups is 1. The minimum absolute atomic E-state index is 0.592. The zero-order chi connectivity index (χ0) is 12.8. The first-order valence-electron chi connectivity index (χ1n) is 5.91. The number of amides is 1. The number of nitrogens with zero attached hydrogens (tertiary/aromatic N) is 1. The average molecular weight is 264 g/mol. The summed E-state index contributed by atoms with van der Waals surface area (Å²) in [5.74, 6) is 0. The molecule has 1 heterocycles. The first-order valence-corrected chi connectivity index (χ1v) is 6.31. The quantitative estimate of drug-likeness (QED) is 0.438. The molecule has 0 radical (unpaired) electrons. The summed E-state index contributed by atoms with van der Waals surface area (Å²) in [6.45, 7) is 2.07. The molecule has 1 saturated heterocycles. The summed E-state index contributed by atoms with van der Waals surface area (Å²) in [5.41, 5.74) is 6.89. The van der Waals surface area contributed by atoms with Crippen LogP contribution in [-0.2, 0) is 4.79 Å². The van der Waals surface area contributed by atoms with Crippen LogP contribution in [0.15, 0.2) is 24.3 Å². The van der Waals surface area contributed by atoms with Crippen molar-refractivity contribution in [3.8, 4) is 0 Å². The summed E-state index contributed by atoms with van der Waals surface area (Å²) < 4.78 is 0. The van der Waals surface area contributed by atoms with Crippen LogP contribution in [0.3, 0.4) is 0 Å². The Kier molecular flexibility index (Phi) is 4.35. The number of nitrogens with one attached hydrogen (secondary N) is 3. The molecule has 18 heavy (non-hydrogen) atoms. The van der Waals surface area contributed by atoms with Gasteiger partial charge in [0, 0.05) is 18.8 Å². The summed E-state index contributed by atoms with van der Waals surface area (Å²) in [5, 5.41) is 3.98. The first kappa shape index (κ1) is 12.6. The molecule has 6 heteroatoms. The largest absolute Gasteiger partial charge is 0.349 e. The van der Waals surface area contributed by atoms with Crippen LogP contribution >= 0.6 is 12.2 Å². The van der Waals surface area contributed by atoms with Gasteiger partial charge in [0.25, 0.3) is 0 Å². The molecule has 1 aliphatic heterocycles. The van der Waals surface area contributed by atoms with Crippen molar-refractivity contribution in [2.75, 3.05) is 23.8 Å². The van der Waals surface area contributed by atoms with Gasteiger partial charge in [-0.3, -0.25) is 15.6 Å². The van der Waals surface area contributed by atoms with E-state index in [2.05, 4.69) is 21.1 Å². The maximum atomic E-state index is 10.1. The monoisotopic (exact) mass is 264 g/mol.